The van der Waals surface area contributed by atoms with E-state index in [1.165, 1.54) is 11.8 Å². The quantitative estimate of drug-likeness (QED) is 0.356. The summed E-state index contributed by atoms with van der Waals surface area (Å²) in [6.07, 6.45) is 1.95. The molecular formula is C20H24N6OS. The number of aryl methyl sites for hydroxylation is 2. The van der Waals surface area contributed by atoms with Crippen LogP contribution in [0.5, 0.6) is 0 Å². The molecule has 1 N–H and O–H groups in total. The summed E-state index contributed by atoms with van der Waals surface area (Å²) in [4.78, 5) is 21.6. The molecular weight excluding hydrogens is 372 g/mol. The predicted molar refractivity (Wildman–Crippen MR) is 110 cm³/mol. The van der Waals surface area contributed by atoms with Crippen molar-refractivity contribution in [3.05, 3.63) is 59.2 Å². The number of aromatic nitrogens is 5. The molecule has 0 atom stereocenters. The van der Waals surface area contributed by atoms with Gasteiger partial charge in [0.1, 0.15) is 0 Å². The SMILES string of the molecule is CCCCNC(=O)c1nnn(-c2ccccc2)c1CSc1nc(C)cc(C)n1. The van der Waals surface area contributed by atoms with Crippen LogP contribution in [-0.4, -0.2) is 37.4 Å². The zero-order valence-electron chi connectivity index (χ0n) is 16.3. The van der Waals surface area contributed by atoms with Gasteiger partial charge in [-0.1, -0.05) is 48.5 Å². The molecule has 1 amide bonds. The van der Waals surface area contributed by atoms with Crippen LogP contribution in [0.15, 0.2) is 41.6 Å². The Hall–Kier alpha value is -2.74. The second kappa shape index (κ2) is 9.45. The number of carbonyl (C=O) groups is 1. The maximum absolute atomic E-state index is 12.6. The second-order valence-corrected chi connectivity index (χ2v) is 7.41. The first-order valence-corrected chi connectivity index (χ1v) is 10.3. The highest BCUT2D eigenvalue weighted by atomic mass is 32.2. The molecule has 0 spiro atoms. The van der Waals surface area contributed by atoms with Crippen molar-refractivity contribution < 1.29 is 4.79 Å². The molecule has 1 aromatic carbocycles. The first-order valence-electron chi connectivity index (χ1n) is 9.31. The van der Waals surface area contributed by atoms with E-state index in [0.29, 0.717) is 23.1 Å². The predicted octanol–water partition coefficient (Wildman–Crippen LogP) is 3.50. The number of benzene rings is 1. The van der Waals surface area contributed by atoms with Crippen LogP contribution in [0.25, 0.3) is 5.69 Å². The fraction of sp³-hybridized carbons (Fsp3) is 0.350. The van der Waals surface area contributed by atoms with E-state index in [4.69, 9.17) is 0 Å². The summed E-state index contributed by atoms with van der Waals surface area (Å²) in [5.74, 6) is 0.286. The van der Waals surface area contributed by atoms with Crippen molar-refractivity contribution >= 4 is 17.7 Å². The zero-order chi connectivity index (χ0) is 19.9. The third kappa shape index (κ3) is 4.95. The largest absolute Gasteiger partial charge is 0.351 e. The topological polar surface area (TPSA) is 85.6 Å². The number of para-hydroxylation sites is 1. The molecule has 2 aromatic heterocycles. The smallest absolute Gasteiger partial charge is 0.273 e. The van der Waals surface area contributed by atoms with Crippen LogP contribution in [0.4, 0.5) is 0 Å². The summed E-state index contributed by atoms with van der Waals surface area (Å²) in [7, 11) is 0. The first-order chi connectivity index (χ1) is 13.6. The van der Waals surface area contributed by atoms with Gasteiger partial charge in [-0.25, -0.2) is 14.6 Å². The molecule has 0 saturated carbocycles. The van der Waals surface area contributed by atoms with Crippen molar-refractivity contribution in [1.29, 1.82) is 0 Å². The van der Waals surface area contributed by atoms with E-state index >= 15 is 0 Å². The van der Waals surface area contributed by atoms with Crippen molar-refractivity contribution in [2.45, 2.75) is 44.5 Å². The summed E-state index contributed by atoms with van der Waals surface area (Å²) in [6.45, 7) is 6.60. The number of hydrogen-bond donors (Lipinski definition) is 1. The van der Waals surface area contributed by atoms with Crippen LogP contribution in [0.3, 0.4) is 0 Å². The lowest BCUT2D eigenvalue weighted by molar-refractivity contribution is 0.0947. The molecule has 0 aliphatic rings. The normalized spacial score (nSPS) is 10.8. The number of amides is 1. The van der Waals surface area contributed by atoms with Crippen LogP contribution in [-0.2, 0) is 5.75 Å². The Morgan fingerprint density at radius 1 is 1.14 bits per heavy atom. The fourth-order valence-corrected chi connectivity index (χ4v) is 3.68. The van der Waals surface area contributed by atoms with Crippen LogP contribution in [0.1, 0.15) is 47.3 Å². The molecule has 0 bridgehead atoms. The molecule has 2 heterocycles. The van der Waals surface area contributed by atoms with E-state index in [1.54, 1.807) is 4.68 Å². The minimum absolute atomic E-state index is 0.201. The zero-order valence-corrected chi connectivity index (χ0v) is 17.2. The second-order valence-electron chi connectivity index (χ2n) is 6.46. The Morgan fingerprint density at radius 2 is 1.86 bits per heavy atom. The Kier molecular flexibility index (Phi) is 6.76. The average Bonchev–Trinajstić information content (AvgIpc) is 3.10. The molecule has 0 unspecified atom stereocenters. The van der Waals surface area contributed by atoms with Crippen molar-refractivity contribution in [1.82, 2.24) is 30.3 Å². The molecule has 3 rings (SSSR count). The molecule has 0 aliphatic heterocycles. The minimum atomic E-state index is -0.201. The van der Waals surface area contributed by atoms with Crippen molar-refractivity contribution in [2.75, 3.05) is 6.54 Å². The van der Waals surface area contributed by atoms with Gasteiger partial charge in [0.05, 0.1) is 11.4 Å². The Morgan fingerprint density at radius 3 is 2.54 bits per heavy atom. The standard InChI is InChI=1S/C20H24N6OS/c1-4-5-11-21-19(27)18-17(13-28-20-22-14(2)12-15(3)23-20)26(25-24-18)16-9-7-6-8-10-16/h6-10,12H,4-5,11,13H2,1-3H3,(H,21,27). The van der Waals surface area contributed by atoms with Gasteiger partial charge in [0, 0.05) is 23.7 Å². The lowest BCUT2D eigenvalue weighted by atomic mass is 10.2. The summed E-state index contributed by atoms with van der Waals surface area (Å²) in [5, 5.41) is 12.0. The molecule has 7 nitrogen and oxygen atoms in total. The highest BCUT2D eigenvalue weighted by Gasteiger charge is 2.21. The van der Waals surface area contributed by atoms with Gasteiger partial charge in [0.25, 0.3) is 5.91 Å². The van der Waals surface area contributed by atoms with Crippen molar-refractivity contribution in [3.8, 4) is 5.69 Å². The Balaban J connectivity index is 1.88. The number of nitrogens with one attached hydrogen (secondary N) is 1. The molecule has 146 valence electrons. The van der Waals surface area contributed by atoms with Crippen molar-refractivity contribution in [2.24, 2.45) is 0 Å². The summed E-state index contributed by atoms with van der Waals surface area (Å²) >= 11 is 1.47. The molecule has 0 radical (unpaired) electrons. The third-order valence-corrected chi connectivity index (χ3v) is 4.95. The van der Waals surface area contributed by atoms with Crippen LogP contribution < -0.4 is 5.32 Å². The molecule has 28 heavy (non-hydrogen) atoms. The van der Waals surface area contributed by atoms with Gasteiger partial charge >= 0.3 is 0 Å². The number of rotatable bonds is 8. The molecule has 0 fully saturated rings. The maximum Gasteiger partial charge on any atom is 0.273 e. The van der Waals surface area contributed by atoms with E-state index in [1.807, 2.05) is 50.2 Å². The number of unbranched alkanes of at least 4 members (excludes halogenated alkanes) is 1. The molecule has 8 heteroatoms. The lowest BCUT2D eigenvalue weighted by Gasteiger charge is -2.08. The Bertz CT molecular complexity index is 921. The van der Waals surface area contributed by atoms with E-state index < -0.39 is 0 Å². The summed E-state index contributed by atoms with van der Waals surface area (Å²) < 4.78 is 1.71. The summed E-state index contributed by atoms with van der Waals surface area (Å²) in [5.41, 5.74) is 3.77. The van der Waals surface area contributed by atoms with Gasteiger partial charge < -0.3 is 5.32 Å². The number of hydrogen-bond acceptors (Lipinski definition) is 6. The number of thioether (sulfide) groups is 1. The Labute approximate surface area is 169 Å². The van der Waals surface area contributed by atoms with Gasteiger partial charge in [-0.2, -0.15) is 0 Å². The fourth-order valence-electron chi connectivity index (χ4n) is 2.74. The molecule has 0 saturated heterocycles. The highest BCUT2D eigenvalue weighted by Crippen LogP contribution is 2.23. The van der Waals surface area contributed by atoms with Gasteiger partial charge in [-0.05, 0) is 38.5 Å². The van der Waals surface area contributed by atoms with Crippen LogP contribution in [0, 0.1) is 13.8 Å². The van der Waals surface area contributed by atoms with Crippen LogP contribution in [0.2, 0.25) is 0 Å². The average molecular weight is 397 g/mol. The molecule has 3 aromatic rings. The lowest BCUT2D eigenvalue weighted by Crippen LogP contribution is -2.26. The molecule has 0 aliphatic carbocycles. The monoisotopic (exact) mass is 396 g/mol. The van der Waals surface area contributed by atoms with Crippen LogP contribution >= 0.6 is 11.8 Å². The van der Waals surface area contributed by atoms with Gasteiger partial charge in [-0.15, -0.1) is 5.10 Å². The number of carbonyl (C=O) groups excluding carboxylic acids is 1. The van der Waals surface area contributed by atoms with E-state index in [9.17, 15) is 4.79 Å². The summed E-state index contributed by atoms with van der Waals surface area (Å²) in [6, 6.07) is 11.6. The maximum atomic E-state index is 12.6. The van der Waals surface area contributed by atoms with Gasteiger partial charge in [0.15, 0.2) is 10.9 Å². The van der Waals surface area contributed by atoms with Crippen molar-refractivity contribution in [3.63, 3.8) is 0 Å². The van der Waals surface area contributed by atoms with Gasteiger partial charge in [0.2, 0.25) is 0 Å². The van der Waals surface area contributed by atoms with Gasteiger partial charge in [-0.3, -0.25) is 4.79 Å². The third-order valence-electron chi connectivity index (χ3n) is 4.09. The van der Waals surface area contributed by atoms with E-state index in [0.717, 1.165) is 35.6 Å². The number of nitrogens with zero attached hydrogens (tertiary/aromatic N) is 5. The highest BCUT2D eigenvalue weighted by molar-refractivity contribution is 7.98. The first kappa shape index (κ1) is 20.0. The van der Waals surface area contributed by atoms with E-state index in [2.05, 4.69) is 32.5 Å². The van der Waals surface area contributed by atoms with E-state index in [-0.39, 0.29) is 5.91 Å². The minimum Gasteiger partial charge on any atom is -0.351 e.